The maximum Gasteiger partial charge on any atom is 0.0375 e. The third-order valence-electron chi connectivity index (χ3n) is 24.3. The number of nitrogens with two attached hydrogens (primary N) is 4. The van der Waals surface area contributed by atoms with Crippen LogP contribution in [0.5, 0.6) is 0 Å². The Morgan fingerprint density at radius 3 is 0.848 bits per heavy atom. The number of hydrogen-bond acceptors (Lipinski definition) is 10. The molecule has 2 unspecified atom stereocenters. The molecule has 10 heteroatoms. The second-order valence-electron chi connectivity index (χ2n) is 32.0. The van der Waals surface area contributed by atoms with E-state index in [4.69, 9.17) is 22.9 Å². The van der Waals surface area contributed by atoms with Crippen LogP contribution in [-0.2, 0) is 122 Å². The van der Waals surface area contributed by atoms with Crippen LogP contribution in [0.25, 0.3) is 0 Å². The topological polar surface area (TPSA) is 176 Å². The molecule has 540 valence electrons. The fraction of sp³-hybridized carbons (Fsp3) is 0.368. The van der Waals surface area contributed by atoms with Gasteiger partial charge in [-0.2, -0.15) is 0 Å². The molecule has 0 saturated carbocycles. The van der Waals surface area contributed by atoms with Crippen LogP contribution in [0.2, 0.25) is 0 Å². The van der Waals surface area contributed by atoms with E-state index in [9.17, 15) is 0 Å². The molecule has 0 amide bonds. The molecule has 0 spiro atoms. The molecule has 4 aliphatic carbocycles. The summed E-state index contributed by atoms with van der Waals surface area (Å²) in [5.41, 5.74) is 71.6. The van der Waals surface area contributed by atoms with Gasteiger partial charge in [-0.3, -0.25) is 0 Å². The van der Waals surface area contributed by atoms with E-state index in [-0.39, 0.29) is 0 Å². The average molecular weight is 1390 g/mol. The number of rotatable bonds is 10. The molecule has 2 atom stereocenters. The van der Waals surface area contributed by atoms with Gasteiger partial charge in [-0.15, -0.1) is 0 Å². The van der Waals surface area contributed by atoms with Crippen LogP contribution < -0.4 is 54.8 Å². The Morgan fingerprint density at radius 1 is 0.248 bits per heavy atom. The minimum Gasteiger partial charge on any atom is -0.398 e. The Balaban J connectivity index is 0.000000101. The molecule has 10 nitrogen and oxygen atoms in total. The molecular formula is C95H110N10. The minimum atomic E-state index is 0.572. The van der Waals surface area contributed by atoms with E-state index in [1.165, 1.54) is 258 Å². The van der Waals surface area contributed by atoms with Crippen molar-refractivity contribution in [1.82, 2.24) is 0 Å². The summed E-state index contributed by atoms with van der Waals surface area (Å²) in [6.07, 6.45) is 31.7. The van der Waals surface area contributed by atoms with Crippen molar-refractivity contribution >= 4 is 56.9 Å². The summed E-state index contributed by atoms with van der Waals surface area (Å²) in [6.45, 7) is 8.89. The van der Waals surface area contributed by atoms with E-state index in [0.717, 1.165) is 132 Å². The van der Waals surface area contributed by atoms with Crippen molar-refractivity contribution in [3.05, 3.63) is 291 Å². The fourth-order valence-corrected chi connectivity index (χ4v) is 19.0. The second kappa shape index (κ2) is 31.5. The van der Waals surface area contributed by atoms with Crippen LogP contribution in [-0.4, -0.2) is 38.3 Å². The number of anilines is 10. The summed E-state index contributed by atoms with van der Waals surface area (Å²) in [5, 5.41) is 20.8. The predicted molar refractivity (Wildman–Crippen MR) is 445 cm³/mol. The van der Waals surface area contributed by atoms with Gasteiger partial charge in [-0.25, -0.2) is 0 Å². The summed E-state index contributed by atoms with van der Waals surface area (Å²) >= 11 is 0. The lowest BCUT2D eigenvalue weighted by Gasteiger charge is -2.24. The van der Waals surface area contributed by atoms with E-state index in [1.54, 1.807) is 0 Å². The molecule has 6 aliphatic heterocycles. The summed E-state index contributed by atoms with van der Waals surface area (Å²) in [5.74, 6) is 0. The van der Waals surface area contributed by atoms with Crippen LogP contribution in [0.4, 0.5) is 56.9 Å². The van der Waals surface area contributed by atoms with Gasteiger partial charge >= 0.3 is 0 Å². The fourth-order valence-electron chi connectivity index (χ4n) is 19.0. The molecule has 0 radical (unpaired) electrons. The van der Waals surface area contributed by atoms with Gasteiger partial charge in [-0.05, 0) is 381 Å². The first-order valence-corrected chi connectivity index (χ1v) is 40.2. The van der Waals surface area contributed by atoms with Gasteiger partial charge in [0.05, 0.1) is 0 Å². The number of nitrogens with one attached hydrogen (secondary N) is 6. The monoisotopic (exact) mass is 1390 g/mol. The minimum absolute atomic E-state index is 0.572. The second-order valence-corrected chi connectivity index (χ2v) is 32.0. The van der Waals surface area contributed by atoms with Gasteiger partial charge in [0.1, 0.15) is 0 Å². The van der Waals surface area contributed by atoms with Crippen molar-refractivity contribution in [3.8, 4) is 0 Å². The number of benzene rings is 10. The Bertz CT molecular complexity index is 4550. The van der Waals surface area contributed by atoms with E-state index in [1.807, 2.05) is 0 Å². The van der Waals surface area contributed by atoms with Crippen molar-refractivity contribution in [2.45, 2.75) is 199 Å². The van der Waals surface area contributed by atoms with Crippen molar-refractivity contribution in [3.63, 3.8) is 0 Å². The van der Waals surface area contributed by atoms with Crippen molar-refractivity contribution in [1.29, 1.82) is 0 Å². The van der Waals surface area contributed by atoms with Gasteiger partial charge in [0, 0.05) is 95.1 Å². The van der Waals surface area contributed by atoms with E-state index in [0.29, 0.717) is 12.1 Å². The van der Waals surface area contributed by atoms with Crippen molar-refractivity contribution in [2.75, 3.05) is 81.0 Å². The van der Waals surface area contributed by atoms with E-state index in [2.05, 4.69) is 203 Å². The smallest absolute Gasteiger partial charge is 0.0375 e. The lowest BCUT2D eigenvalue weighted by Crippen LogP contribution is -2.12. The zero-order chi connectivity index (χ0) is 71.3. The van der Waals surface area contributed by atoms with Gasteiger partial charge in [-0.1, -0.05) is 97.1 Å². The SMILES string of the molecule is CC1Cc2cc(Cc3ccc4c(c3)CC(C)N4)ccc2N1.Nc1ccc(Cc2ccc(N)c3c2CCC3)c2c1CCC2.Nc1ccc(Cc2ccc(N)c3c2CCCC3)c2c1CCCC2.c1cc2c(cc1Cc1ccc3c(c1)CCCN3)CCCN2.c1cc2c(cc1Cc1ccc3c(c1)CCN3)CCN2. The van der Waals surface area contributed by atoms with Crippen molar-refractivity contribution < 1.29 is 0 Å². The molecule has 0 saturated heterocycles. The molecule has 105 heavy (non-hydrogen) atoms. The molecule has 0 fully saturated rings. The Labute approximate surface area is 624 Å². The predicted octanol–water partition coefficient (Wildman–Crippen LogP) is 18.8. The highest BCUT2D eigenvalue weighted by molar-refractivity contribution is 5.66. The van der Waals surface area contributed by atoms with Gasteiger partial charge in [0.25, 0.3) is 0 Å². The molecular weight excluding hydrogens is 1280 g/mol. The third-order valence-corrected chi connectivity index (χ3v) is 24.3. The molecule has 10 aliphatic rings. The summed E-state index contributed by atoms with van der Waals surface area (Å²) in [6, 6.07) is 59.8. The Morgan fingerprint density at radius 2 is 0.514 bits per heavy atom. The lowest BCUT2D eigenvalue weighted by molar-refractivity contribution is 0.675. The lowest BCUT2D eigenvalue weighted by atomic mass is 9.82. The summed E-state index contributed by atoms with van der Waals surface area (Å²) in [7, 11) is 0. The first-order chi connectivity index (χ1) is 51.4. The van der Waals surface area contributed by atoms with Gasteiger partial charge in [0.2, 0.25) is 0 Å². The van der Waals surface area contributed by atoms with E-state index < -0.39 is 0 Å². The number of fused-ring (bicyclic) bond motifs is 10. The zero-order valence-corrected chi connectivity index (χ0v) is 62.4. The zero-order valence-electron chi connectivity index (χ0n) is 62.4. The quantitative estimate of drug-likeness (QED) is 0.0593. The first-order valence-electron chi connectivity index (χ1n) is 40.2. The van der Waals surface area contributed by atoms with Crippen LogP contribution in [0, 0.1) is 0 Å². The van der Waals surface area contributed by atoms with Crippen LogP contribution in [0.1, 0.15) is 199 Å². The number of nitrogen functional groups attached to an aromatic ring is 4. The summed E-state index contributed by atoms with van der Waals surface area (Å²) < 4.78 is 0. The summed E-state index contributed by atoms with van der Waals surface area (Å²) in [4.78, 5) is 0. The molecule has 0 bridgehead atoms. The average Bonchev–Trinajstić information content (AvgIpc) is 1.34. The van der Waals surface area contributed by atoms with Crippen LogP contribution >= 0.6 is 0 Å². The molecule has 10 aromatic carbocycles. The van der Waals surface area contributed by atoms with Gasteiger partial charge < -0.3 is 54.8 Å². The standard InChI is InChI=1S/C21H26N2.3C19H22N2.C17H18N2/c22-20-11-9-14(16-5-1-3-7-18(16)20)13-15-10-12-21(23)19-8-4-2-6-17(15)19;1-12-7-16-10-14(3-5-18(16)20-12)9-15-4-6-19-17(11-15)8-13(2)21-19;1-3-16-12-14(5-7-18(16)20-9-1)11-15-6-8-19-17(13-15)4-2-10-21-19;20-18-9-7-12(14-3-1-5-16(14)18)11-13-8-10-19(21)17-6-2-4-15(13)17;1-3-16-14(5-7-18-16)10-12(1)9-13-2-4-17-15(11-13)6-8-19-17/h9-12H,1-8,13,22-23H2;3-6,10-13,20-21H,7-9H2,1-2H3;5-8,12-13,20-21H,1-4,9-11H2;7-10H,1-6,11,20-21H2;1-4,10-11,18-19H,5-9H2. The Kier molecular flexibility index (Phi) is 20.9. The Hall–Kier alpha value is -9.80. The number of hydrogen-bond donors (Lipinski definition) is 10. The van der Waals surface area contributed by atoms with Gasteiger partial charge in [0.15, 0.2) is 0 Å². The van der Waals surface area contributed by atoms with Crippen LogP contribution in [0.3, 0.4) is 0 Å². The third kappa shape index (κ3) is 15.9. The molecule has 20 rings (SSSR count). The highest BCUT2D eigenvalue weighted by atomic mass is 14.9. The molecule has 6 heterocycles. The highest BCUT2D eigenvalue weighted by Crippen LogP contribution is 2.39. The molecule has 14 N–H and O–H groups in total. The maximum absolute atomic E-state index is 6.22. The van der Waals surface area contributed by atoms with E-state index >= 15 is 0 Å². The first kappa shape index (κ1) is 69.6. The molecule has 0 aromatic heterocycles. The van der Waals surface area contributed by atoms with Crippen LogP contribution in [0.15, 0.2) is 158 Å². The highest BCUT2D eigenvalue weighted by Gasteiger charge is 2.25. The van der Waals surface area contributed by atoms with Crippen molar-refractivity contribution in [2.24, 2.45) is 0 Å². The normalized spacial score (nSPS) is 17.4. The number of aryl methyl sites for hydroxylation is 2. The molecule has 10 aromatic rings. The largest absolute Gasteiger partial charge is 0.398 e. The maximum atomic E-state index is 6.22.